The SMILES string of the molecule is CC1(C(=O)Nc2nc(-c3ccc(C(=O)Nc4cccnc4)cc3)cs2)CC2c3ccccc3C1c1ccccc12. The van der Waals surface area contributed by atoms with Gasteiger partial charge in [-0.15, -0.1) is 11.3 Å². The predicted octanol–water partition coefficient (Wildman–Crippen LogP) is 7.08. The Kier molecular flexibility index (Phi) is 5.82. The number of thiazole rings is 1. The summed E-state index contributed by atoms with van der Waals surface area (Å²) in [6.07, 6.45) is 4.03. The van der Waals surface area contributed by atoms with E-state index in [0.29, 0.717) is 16.4 Å². The second-order valence-corrected chi connectivity index (χ2v) is 11.5. The van der Waals surface area contributed by atoms with Gasteiger partial charge in [-0.2, -0.15) is 0 Å². The molecule has 2 aromatic heterocycles. The molecule has 40 heavy (non-hydrogen) atoms. The molecule has 2 N–H and O–H groups in total. The van der Waals surface area contributed by atoms with Gasteiger partial charge in [0.2, 0.25) is 5.91 Å². The lowest BCUT2D eigenvalue weighted by Gasteiger charge is -2.50. The van der Waals surface area contributed by atoms with Gasteiger partial charge in [-0.25, -0.2) is 4.98 Å². The standard InChI is InChI=1S/C33H26N4O2S/c1-33(17-27-23-8-2-4-10-25(23)29(33)26-11-5-3-9-24(26)27)31(39)37-32-36-28(19-40-32)20-12-14-21(15-13-20)30(38)35-22-7-6-16-34-18-22/h2-16,18-19,27,29H,17H2,1H3,(H,35,38)(H,36,37,39). The van der Waals surface area contributed by atoms with E-state index >= 15 is 0 Å². The number of carbonyl (C=O) groups excluding carboxylic acids is 2. The Balaban J connectivity index is 1.10. The van der Waals surface area contributed by atoms with Crippen molar-refractivity contribution in [2.45, 2.75) is 25.2 Å². The zero-order chi connectivity index (χ0) is 27.3. The Morgan fingerprint density at radius 3 is 2.17 bits per heavy atom. The number of benzene rings is 3. The fourth-order valence-electron chi connectivity index (χ4n) is 6.33. The summed E-state index contributed by atoms with van der Waals surface area (Å²) in [5.74, 6) is -0.0117. The minimum absolute atomic E-state index is 0.00479. The number of fused-ring (bicyclic) bond motifs is 1. The molecule has 3 aromatic carbocycles. The molecule has 0 saturated heterocycles. The van der Waals surface area contributed by atoms with Crippen molar-refractivity contribution in [3.8, 4) is 11.3 Å². The van der Waals surface area contributed by atoms with Crippen LogP contribution < -0.4 is 10.6 Å². The maximum atomic E-state index is 13.9. The molecule has 196 valence electrons. The highest BCUT2D eigenvalue weighted by atomic mass is 32.1. The van der Waals surface area contributed by atoms with Crippen molar-refractivity contribution in [2.75, 3.05) is 10.6 Å². The van der Waals surface area contributed by atoms with Crippen molar-refractivity contribution < 1.29 is 9.59 Å². The largest absolute Gasteiger partial charge is 0.321 e. The molecule has 3 aliphatic rings. The molecule has 6 nitrogen and oxygen atoms in total. The van der Waals surface area contributed by atoms with E-state index in [4.69, 9.17) is 4.98 Å². The van der Waals surface area contributed by atoms with Gasteiger partial charge in [0.1, 0.15) is 0 Å². The zero-order valence-electron chi connectivity index (χ0n) is 21.8. The Labute approximate surface area is 236 Å². The van der Waals surface area contributed by atoms with Gasteiger partial charge >= 0.3 is 0 Å². The van der Waals surface area contributed by atoms with E-state index in [1.165, 1.54) is 33.6 Å². The third-order valence-electron chi connectivity index (χ3n) is 8.24. The van der Waals surface area contributed by atoms with E-state index in [1.807, 2.05) is 17.5 Å². The van der Waals surface area contributed by atoms with E-state index in [9.17, 15) is 9.59 Å². The Bertz CT molecular complexity index is 1700. The van der Waals surface area contributed by atoms with Crippen LogP contribution in [0.4, 0.5) is 10.8 Å². The van der Waals surface area contributed by atoms with Gasteiger partial charge in [0.25, 0.3) is 5.91 Å². The first-order valence-corrected chi connectivity index (χ1v) is 14.2. The fourth-order valence-corrected chi connectivity index (χ4v) is 7.04. The van der Waals surface area contributed by atoms with Gasteiger partial charge in [0, 0.05) is 34.5 Å². The van der Waals surface area contributed by atoms with Crippen LogP contribution >= 0.6 is 11.3 Å². The number of anilines is 2. The molecule has 5 aromatic rings. The molecule has 7 heteroatoms. The Morgan fingerprint density at radius 1 is 0.850 bits per heavy atom. The summed E-state index contributed by atoms with van der Waals surface area (Å²) < 4.78 is 0. The molecular formula is C33H26N4O2S. The Hall–Kier alpha value is -4.62. The molecule has 0 radical (unpaired) electrons. The first-order chi connectivity index (χ1) is 19.5. The lowest BCUT2D eigenvalue weighted by Crippen LogP contribution is -2.47. The topological polar surface area (TPSA) is 84.0 Å². The van der Waals surface area contributed by atoms with Crippen molar-refractivity contribution in [1.29, 1.82) is 0 Å². The third kappa shape index (κ3) is 4.01. The summed E-state index contributed by atoms with van der Waals surface area (Å²) in [7, 11) is 0. The zero-order valence-corrected chi connectivity index (χ0v) is 22.6. The average molecular weight is 543 g/mol. The molecular weight excluding hydrogens is 516 g/mol. The number of carbonyl (C=O) groups is 2. The van der Waals surface area contributed by atoms with E-state index in [-0.39, 0.29) is 23.7 Å². The second kappa shape index (κ2) is 9.54. The summed E-state index contributed by atoms with van der Waals surface area (Å²) in [5.41, 5.74) is 7.40. The molecule has 2 amide bonds. The first kappa shape index (κ1) is 24.4. The average Bonchev–Trinajstić information content (AvgIpc) is 3.46. The van der Waals surface area contributed by atoms with Crippen LogP contribution in [-0.2, 0) is 4.79 Å². The molecule has 0 fully saturated rings. The van der Waals surface area contributed by atoms with Crippen LogP contribution in [0.25, 0.3) is 11.3 Å². The highest BCUT2D eigenvalue weighted by molar-refractivity contribution is 7.14. The van der Waals surface area contributed by atoms with Gasteiger partial charge in [-0.1, -0.05) is 60.7 Å². The summed E-state index contributed by atoms with van der Waals surface area (Å²) in [6.45, 7) is 2.09. The number of nitrogens with zero attached hydrogens (tertiary/aromatic N) is 2. The third-order valence-corrected chi connectivity index (χ3v) is 8.99. The summed E-state index contributed by atoms with van der Waals surface area (Å²) in [5, 5.41) is 8.49. The number of hydrogen-bond acceptors (Lipinski definition) is 5. The quantitative estimate of drug-likeness (QED) is 0.249. The maximum Gasteiger partial charge on any atom is 0.255 e. The lowest BCUT2D eigenvalue weighted by atomic mass is 9.52. The van der Waals surface area contributed by atoms with E-state index in [1.54, 1.807) is 36.7 Å². The van der Waals surface area contributed by atoms with E-state index in [2.05, 4.69) is 71.1 Å². The highest BCUT2D eigenvalue weighted by Gasteiger charge is 2.53. The molecule has 0 saturated carbocycles. The van der Waals surface area contributed by atoms with E-state index < -0.39 is 5.41 Å². The van der Waals surface area contributed by atoms with Crippen molar-refractivity contribution >= 4 is 34.0 Å². The highest BCUT2D eigenvalue weighted by Crippen LogP contribution is 2.61. The number of pyridine rings is 1. The molecule has 1 unspecified atom stereocenters. The number of hydrogen-bond donors (Lipinski definition) is 2. The first-order valence-electron chi connectivity index (χ1n) is 13.3. The van der Waals surface area contributed by atoms with Crippen molar-refractivity contribution in [3.63, 3.8) is 0 Å². The molecule has 8 rings (SSSR count). The summed E-state index contributed by atoms with van der Waals surface area (Å²) in [4.78, 5) is 35.2. The maximum absolute atomic E-state index is 13.9. The molecule has 0 spiro atoms. The molecule has 1 atom stereocenters. The smallest absolute Gasteiger partial charge is 0.255 e. The summed E-state index contributed by atoms with van der Waals surface area (Å²) >= 11 is 1.41. The number of amides is 2. The van der Waals surface area contributed by atoms with Crippen LogP contribution in [0.5, 0.6) is 0 Å². The van der Waals surface area contributed by atoms with E-state index in [0.717, 1.165) is 17.7 Å². The van der Waals surface area contributed by atoms with Gasteiger partial charge in [-0.05, 0) is 59.9 Å². The van der Waals surface area contributed by atoms with Crippen LogP contribution in [-0.4, -0.2) is 21.8 Å². The molecule has 2 heterocycles. The normalized spacial score (nSPS) is 20.3. The molecule has 3 aliphatic carbocycles. The minimum Gasteiger partial charge on any atom is -0.321 e. The van der Waals surface area contributed by atoms with Crippen LogP contribution in [0.2, 0.25) is 0 Å². The van der Waals surface area contributed by atoms with Crippen molar-refractivity contribution in [3.05, 3.63) is 131 Å². The fraction of sp³-hybridized carbons (Fsp3) is 0.152. The van der Waals surface area contributed by atoms with Crippen molar-refractivity contribution in [2.24, 2.45) is 5.41 Å². The van der Waals surface area contributed by atoms with Crippen LogP contribution in [0.1, 0.15) is 57.8 Å². The second-order valence-electron chi connectivity index (χ2n) is 10.6. The number of nitrogens with one attached hydrogen (secondary N) is 2. The van der Waals surface area contributed by atoms with Crippen LogP contribution in [0, 0.1) is 5.41 Å². The van der Waals surface area contributed by atoms with Gasteiger partial charge in [-0.3, -0.25) is 14.6 Å². The molecule has 2 bridgehead atoms. The van der Waals surface area contributed by atoms with Crippen LogP contribution in [0.15, 0.2) is 103 Å². The van der Waals surface area contributed by atoms with Crippen LogP contribution in [0.3, 0.4) is 0 Å². The summed E-state index contributed by atoms with van der Waals surface area (Å²) in [6, 6.07) is 27.9. The number of aromatic nitrogens is 2. The lowest BCUT2D eigenvalue weighted by molar-refractivity contribution is -0.126. The van der Waals surface area contributed by atoms with Crippen molar-refractivity contribution in [1.82, 2.24) is 9.97 Å². The predicted molar refractivity (Wildman–Crippen MR) is 158 cm³/mol. The van der Waals surface area contributed by atoms with Gasteiger partial charge in [0.05, 0.1) is 23.0 Å². The minimum atomic E-state index is -0.595. The Morgan fingerprint density at radius 2 is 1.52 bits per heavy atom. The van der Waals surface area contributed by atoms with Gasteiger partial charge < -0.3 is 10.6 Å². The number of rotatable bonds is 5. The van der Waals surface area contributed by atoms with Gasteiger partial charge in [0.15, 0.2) is 5.13 Å². The monoisotopic (exact) mass is 542 g/mol. The molecule has 0 aliphatic heterocycles.